The van der Waals surface area contributed by atoms with E-state index >= 15 is 0 Å². The van der Waals surface area contributed by atoms with E-state index in [-0.39, 0.29) is 11.3 Å². The van der Waals surface area contributed by atoms with Crippen LogP contribution in [0.25, 0.3) is 0 Å². The number of nitrogens with two attached hydrogens (primary N) is 1. The molecule has 1 aromatic rings. The number of aliphatic carboxylic acids is 1. The molecule has 1 fully saturated rings. The quantitative estimate of drug-likeness (QED) is 0.576. The second kappa shape index (κ2) is 6.22. The number of hydrogen-bond donors (Lipinski definition) is 3. The number of rotatable bonds is 4. The number of benzene rings is 1. The number of carbonyl (C=O) groups excluding carboxylic acids is 2. The third kappa shape index (κ3) is 2.76. The van der Waals surface area contributed by atoms with E-state index in [1.807, 2.05) is 0 Å². The van der Waals surface area contributed by atoms with Crippen molar-refractivity contribution in [1.82, 2.24) is 10.2 Å². The Balaban J connectivity index is 1.84. The summed E-state index contributed by atoms with van der Waals surface area (Å²) in [5, 5.41) is 10.2. The van der Waals surface area contributed by atoms with Crippen molar-refractivity contribution in [3.8, 4) is 0 Å². The number of carbonyl (C=O) groups is 3. The van der Waals surface area contributed by atoms with Gasteiger partial charge in [-0.05, 0) is 18.1 Å². The summed E-state index contributed by atoms with van der Waals surface area (Å²) in [6.07, 6.45) is 0. The van der Waals surface area contributed by atoms with Crippen molar-refractivity contribution >= 4 is 27.6 Å². The maximum atomic E-state index is 12.4. The van der Waals surface area contributed by atoms with Gasteiger partial charge in [-0.15, -0.1) is 0 Å². The molecule has 2 heterocycles. The fraction of sp³-hybridized carbons (Fsp3) is 0.312. The number of β-lactam (4-membered cyclic amide) rings is 1. The van der Waals surface area contributed by atoms with Gasteiger partial charge in [-0.25, -0.2) is 13.2 Å². The van der Waals surface area contributed by atoms with Gasteiger partial charge in [0.05, 0.1) is 5.75 Å². The lowest BCUT2D eigenvalue weighted by atomic mass is 10.0. The molecule has 1 aromatic carbocycles. The van der Waals surface area contributed by atoms with Crippen molar-refractivity contribution in [2.24, 2.45) is 5.73 Å². The van der Waals surface area contributed by atoms with E-state index in [1.54, 1.807) is 30.3 Å². The van der Waals surface area contributed by atoms with Crippen LogP contribution < -0.4 is 11.1 Å². The van der Waals surface area contributed by atoms with E-state index in [2.05, 4.69) is 5.32 Å². The fourth-order valence-corrected chi connectivity index (χ4v) is 5.24. The Bertz CT molecular complexity index is 925. The van der Waals surface area contributed by atoms with Crippen LogP contribution in [0, 0.1) is 0 Å². The van der Waals surface area contributed by atoms with Crippen molar-refractivity contribution in [3.63, 3.8) is 0 Å². The minimum Gasteiger partial charge on any atom is -0.477 e. The summed E-state index contributed by atoms with van der Waals surface area (Å²) in [5.74, 6) is -3.38. The minimum absolute atomic E-state index is 0.0767. The highest BCUT2D eigenvalue weighted by Gasteiger charge is 2.60. The number of nitrogens with one attached hydrogen (secondary N) is 1. The van der Waals surface area contributed by atoms with Gasteiger partial charge in [0.1, 0.15) is 17.8 Å². The Morgan fingerprint density at radius 2 is 1.92 bits per heavy atom. The number of hydrogen-bond acceptors (Lipinski definition) is 6. The normalized spacial score (nSPS) is 25.2. The van der Waals surface area contributed by atoms with Gasteiger partial charge in [-0.2, -0.15) is 0 Å². The Kier molecular flexibility index (Phi) is 4.32. The highest BCUT2D eigenvalue weighted by molar-refractivity contribution is 7.92. The Labute approximate surface area is 149 Å². The standard InChI is InChI=1S/C16H17N3O6S/c1-8-7-26(24,25)15-11(14(21)19(15)12(8)16(22)23)18-13(20)10(17)9-5-3-2-4-6-9/h2-6,10-11,15H,7,17H2,1H3,(H,18,20)(H,22,23)/t10-,11-,15-/m1/s1. The maximum Gasteiger partial charge on any atom is 0.352 e. The van der Waals surface area contributed by atoms with Crippen molar-refractivity contribution in [2.75, 3.05) is 5.75 Å². The van der Waals surface area contributed by atoms with E-state index in [9.17, 15) is 27.9 Å². The zero-order valence-corrected chi connectivity index (χ0v) is 14.6. The van der Waals surface area contributed by atoms with Gasteiger partial charge in [-0.3, -0.25) is 14.5 Å². The maximum absolute atomic E-state index is 12.4. The predicted molar refractivity (Wildman–Crippen MR) is 90.1 cm³/mol. The summed E-state index contributed by atoms with van der Waals surface area (Å²) in [6.45, 7) is 1.35. The lowest BCUT2D eigenvalue weighted by Gasteiger charge is -2.48. The zero-order chi connectivity index (χ0) is 19.2. The molecule has 4 N–H and O–H groups in total. The highest BCUT2D eigenvalue weighted by atomic mass is 32.2. The monoisotopic (exact) mass is 379 g/mol. The highest BCUT2D eigenvalue weighted by Crippen LogP contribution is 2.36. The molecule has 2 aliphatic heterocycles. The molecule has 0 spiro atoms. The van der Waals surface area contributed by atoms with Crippen LogP contribution >= 0.6 is 0 Å². The zero-order valence-electron chi connectivity index (χ0n) is 13.7. The summed E-state index contributed by atoms with van der Waals surface area (Å²) in [4.78, 5) is 36.8. The first-order valence-electron chi connectivity index (χ1n) is 7.73. The third-order valence-corrected chi connectivity index (χ3v) is 6.47. The van der Waals surface area contributed by atoms with E-state index in [4.69, 9.17) is 5.73 Å². The van der Waals surface area contributed by atoms with Crippen molar-refractivity contribution in [2.45, 2.75) is 24.4 Å². The molecule has 0 radical (unpaired) electrons. The molecule has 138 valence electrons. The third-order valence-electron chi connectivity index (χ3n) is 4.42. The molecular weight excluding hydrogens is 362 g/mol. The first kappa shape index (κ1) is 18.1. The van der Waals surface area contributed by atoms with Gasteiger partial charge in [0.15, 0.2) is 15.2 Å². The first-order chi connectivity index (χ1) is 12.1. The first-order valence-corrected chi connectivity index (χ1v) is 9.45. The fourth-order valence-electron chi connectivity index (χ4n) is 3.20. The van der Waals surface area contributed by atoms with Gasteiger partial charge in [0, 0.05) is 0 Å². The van der Waals surface area contributed by atoms with Crippen LogP contribution in [0.4, 0.5) is 0 Å². The minimum atomic E-state index is -3.83. The number of nitrogens with zero attached hydrogens (tertiary/aromatic N) is 1. The molecule has 0 aromatic heterocycles. The molecule has 3 atom stereocenters. The molecule has 2 amide bonds. The number of sulfone groups is 1. The second-order valence-electron chi connectivity index (χ2n) is 6.21. The van der Waals surface area contributed by atoms with Gasteiger partial charge in [0.25, 0.3) is 5.91 Å². The van der Waals surface area contributed by atoms with E-state index in [0.29, 0.717) is 5.56 Å². The molecule has 3 rings (SSSR count). The van der Waals surface area contributed by atoms with Crippen LogP contribution in [0.2, 0.25) is 0 Å². The van der Waals surface area contributed by atoms with Gasteiger partial charge in [-0.1, -0.05) is 30.3 Å². The molecule has 9 nitrogen and oxygen atoms in total. The van der Waals surface area contributed by atoms with Gasteiger partial charge in [0.2, 0.25) is 5.91 Å². The Morgan fingerprint density at radius 3 is 2.50 bits per heavy atom. The van der Waals surface area contributed by atoms with E-state index in [0.717, 1.165) is 4.90 Å². The molecule has 10 heteroatoms. The van der Waals surface area contributed by atoms with Crippen LogP contribution in [0.3, 0.4) is 0 Å². The van der Waals surface area contributed by atoms with E-state index < -0.39 is 50.8 Å². The largest absolute Gasteiger partial charge is 0.477 e. The summed E-state index contributed by atoms with van der Waals surface area (Å²) < 4.78 is 24.8. The Hall–Kier alpha value is -2.72. The number of carboxylic acid groups (broad SMARTS) is 1. The van der Waals surface area contributed by atoms with Crippen molar-refractivity contribution in [1.29, 1.82) is 0 Å². The molecular formula is C16H17N3O6S. The van der Waals surface area contributed by atoms with Crippen molar-refractivity contribution in [3.05, 3.63) is 47.2 Å². The van der Waals surface area contributed by atoms with Crippen LogP contribution in [-0.4, -0.2) is 53.4 Å². The van der Waals surface area contributed by atoms with Gasteiger partial charge >= 0.3 is 5.97 Å². The van der Waals surface area contributed by atoms with E-state index in [1.165, 1.54) is 6.92 Å². The topological polar surface area (TPSA) is 147 Å². The average Bonchev–Trinajstić information content (AvgIpc) is 2.58. The summed E-state index contributed by atoms with van der Waals surface area (Å²) in [6, 6.07) is 5.95. The molecule has 0 aliphatic carbocycles. The molecule has 1 saturated heterocycles. The van der Waals surface area contributed by atoms with Crippen LogP contribution in [0.15, 0.2) is 41.6 Å². The molecule has 2 aliphatic rings. The Morgan fingerprint density at radius 1 is 1.31 bits per heavy atom. The van der Waals surface area contributed by atoms with Gasteiger partial charge < -0.3 is 16.2 Å². The van der Waals surface area contributed by atoms with Crippen molar-refractivity contribution < 1.29 is 27.9 Å². The lowest BCUT2D eigenvalue weighted by molar-refractivity contribution is -0.151. The smallest absolute Gasteiger partial charge is 0.352 e. The van der Waals surface area contributed by atoms with Crippen LogP contribution in [0.5, 0.6) is 0 Å². The van der Waals surface area contributed by atoms with Crippen LogP contribution in [0.1, 0.15) is 18.5 Å². The predicted octanol–water partition coefficient (Wildman–Crippen LogP) is -0.873. The molecule has 0 bridgehead atoms. The average molecular weight is 379 g/mol. The molecule has 0 saturated carbocycles. The molecule has 0 unspecified atom stereocenters. The van der Waals surface area contributed by atoms with Crippen LogP contribution in [-0.2, 0) is 24.2 Å². The number of carboxylic acids is 1. The summed E-state index contributed by atoms with van der Waals surface area (Å²) in [5.41, 5.74) is 6.08. The summed E-state index contributed by atoms with van der Waals surface area (Å²) in [7, 11) is -3.83. The lowest BCUT2D eigenvalue weighted by Crippen LogP contribution is -2.75. The summed E-state index contributed by atoms with van der Waals surface area (Å²) >= 11 is 0. The second-order valence-corrected chi connectivity index (χ2v) is 8.31. The number of amides is 2. The molecule has 26 heavy (non-hydrogen) atoms. The number of fused-ring (bicyclic) bond motifs is 1. The SMILES string of the molecule is CC1=C(C(=O)O)N2C(=O)[C@@H](NC(=O)[C@H](N)c3ccccc3)[C@H]2S(=O)(=O)C1.